The van der Waals surface area contributed by atoms with Gasteiger partial charge in [0.1, 0.15) is 12.4 Å². The number of carbonyl (C=O) groups excluding carboxylic acids is 2. The first kappa shape index (κ1) is 22.8. The fourth-order valence-corrected chi connectivity index (χ4v) is 4.80. The summed E-state index contributed by atoms with van der Waals surface area (Å²) in [5, 5.41) is 3.37. The van der Waals surface area contributed by atoms with Crippen molar-refractivity contribution >= 4 is 29.1 Å². The molecule has 1 atom stereocenters. The molecular formula is C29H22ClFN2O2. The van der Waals surface area contributed by atoms with E-state index in [1.165, 1.54) is 12.1 Å². The van der Waals surface area contributed by atoms with Gasteiger partial charge in [-0.25, -0.2) is 4.39 Å². The minimum absolute atomic E-state index is 0.163. The van der Waals surface area contributed by atoms with Crippen LogP contribution in [-0.2, 0) is 9.59 Å². The number of hydrogen-bond acceptors (Lipinski definition) is 2. The highest BCUT2D eigenvalue weighted by molar-refractivity contribution is 6.30. The third kappa shape index (κ3) is 4.68. The quantitative estimate of drug-likeness (QED) is 0.376. The fraction of sp³-hybridized carbons (Fsp3) is 0.103. The molecule has 35 heavy (non-hydrogen) atoms. The number of amides is 2. The van der Waals surface area contributed by atoms with Crippen LogP contribution in [-0.4, -0.2) is 23.3 Å². The summed E-state index contributed by atoms with van der Waals surface area (Å²) in [6, 6.07) is 29.5. The molecule has 1 aliphatic rings. The lowest BCUT2D eigenvalue weighted by Gasteiger charge is -2.34. The van der Waals surface area contributed by atoms with Crippen LogP contribution in [0.25, 0.3) is 0 Å². The number of halogens is 2. The number of hydrogen-bond donors (Lipinski definition) is 1. The molecule has 2 amide bonds. The summed E-state index contributed by atoms with van der Waals surface area (Å²) in [7, 11) is 0. The van der Waals surface area contributed by atoms with Crippen molar-refractivity contribution in [2.24, 2.45) is 0 Å². The largest absolute Gasteiger partial charge is 0.324 e. The summed E-state index contributed by atoms with van der Waals surface area (Å²) in [5.41, 5.74) is 3.55. The number of anilines is 1. The predicted molar refractivity (Wildman–Crippen MR) is 135 cm³/mol. The van der Waals surface area contributed by atoms with Gasteiger partial charge in [-0.15, -0.1) is 0 Å². The standard InChI is InChI=1S/C29H22ClFN2O2/c30-22-13-16-25-24(17-22)28(21-11-14-23(31)15-12-21)33(18-26(34)32-25)29(35)27(19-7-3-1-4-8-19)20-9-5-2-6-10-20/h1-17,27-28H,18H2,(H,32,34). The smallest absolute Gasteiger partial charge is 0.244 e. The summed E-state index contributed by atoms with van der Waals surface area (Å²) in [4.78, 5) is 28.9. The van der Waals surface area contributed by atoms with E-state index in [0.717, 1.165) is 11.1 Å². The van der Waals surface area contributed by atoms with Crippen molar-refractivity contribution in [3.63, 3.8) is 0 Å². The second-order valence-corrected chi connectivity index (χ2v) is 8.89. The summed E-state index contributed by atoms with van der Waals surface area (Å²) in [6.07, 6.45) is 0. The second-order valence-electron chi connectivity index (χ2n) is 8.45. The van der Waals surface area contributed by atoms with Gasteiger partial charge in [0, 0.05) is 16.3 Å². The van der Waals surface area contributed by atoms with Crippen LogP contribution in [0.1, 0.15) is 34.2 Å². The van der Waals surface area contributed by atoms with Crippen LogP contribution in [0.3, 0.4) is 0 Å². The molecule has 0 radical (unpaired) electrons. The summed E-state index contributed by atoms with van der Waals surface area (Å²) >= 11 is 6.35. The Labute approximate surface area is 208 Å². The van der Waals surface area contributed by atoms with Gasteiger partial charge in [-0.3, -0.25) is 9.59 Å². The predicted octanol–water partition coefficient (Wildman–Crippen LogP) is 6.18. The lowest BCUT2D eigenvalue weighted by atomic mass is 9.88. The molecule has 5 rings (SSSR count). The molecule has 4 nitrogen and oxygen atoms in total. The van der Waals surface area contributed by atoms with E-state index >= 15 is 0 Å². The van der Waals surface area contributed by atoms with Gasteiger partial charge in [0.15, 0.2) is 0 Å². The molecule has 1 N–H and O–H groups in total. The van der Waals surface area contributed by atoms with Crippen molar-refractivity contribution in [2.45, 2.75) is 12.0 Å². The molecule has 0 aromatic heterocycles. The van der Waals surface area contributed by atoms with Gasteiger partial charge in [-0.05, 0) is 47.0 Å². The lowest BCUT2D eigenvalue weighted by molar-refractivity contribution is -0.136. The number of nitrogens with one attached hydrogen (secondary N) is 1. The normalized spacial score (nSPS) is 15.3. The Balaban J connectivity index is 1.69. The zero-order valence-corrected chi connectivity index (χ0v) is 19.5. The molecule has 174 valence electrons. The molecule has 1 heterocycles. The van der Waals surface area contributed by atoms with Crippen LogP contribution in [0.15, 0.2) is 103 Å². The molecule has 0 spiro atoms. The van der Waals surface area contributed by atoms with E-state index in [2.05, 4.69) is 5.32 Å². The molecule has 1 unspecified atom stereocenters. The van der Waals surface area contributed by atoms with Gasteiger partial charge < -0.3 is 10.2 Å². The average molecular weight is 485 g/mol. The van der Waals surface area contributed by atoms with Gasteiger partial charge >= 0.3 is 0 Å². The van der Waals surface area contributed by atoms with Crippen LogP contribution < -0.4 is 5.32 Å². The maximum Gasteiger partial charge on any atom is 0.244 e. The Hall–Kier alpha value is -3.96. The number of rotatable bonds is 4. The summed E-state index contributed by atoms with van der Waals surface area (Å²) in [5.74, 6) is -1.56. The Kier molecular flexibility index (Phi) is 6.34. The highest BCUT2D eigenvalue weighted by Gasteiger charge is 2.37. The molecule has 4 aromatic carbocycles. The van der Waals surface area contributed by atoms with E-state index in [9.17, 15) is 14.0 Å². The minimum Gasteiger partial charge on any atom is -0.324 e. The zero-order valence-electron chi connectivity index (χ0n) is 18.7. The molecule has 1 aliphatic heterocycles. The number of benzene rings is 4. The van der Waals surface area contributed by atoms with Crippen LogP contribution >= 0.6 is 11.6 Å². The highest BCUT2D eigenvalue weighted by atomic mass is 35.5. The van der Waals surface area contributed by atoms with Crippen molar-refractivity contribution < 1.29 is 14.0 Å². The van der Waals surface area contributed by atoms with Crippen molar-refractivity contribution in [3.8, 4) is 0 Å². The molecule has 0 fully saturated rings. The van der Waals surface area contributed by atoms with Gasteiger partial charge in [0.25, 0.3) is 0 Å². The molecule has 4 aromatic rings. The van der Waals surface area contributed by atoms with Gasteiger partial charge in [0.05, 0.1) is 12.0 Å². The van der Waals surface area contributed by atoms with Crippen LogP contribution in [0.5, 0.6) is 0 Å². The van der Waals surface area contributed by atoms with Crippen LogP contribution in [0.4, 0.5) is 10.1 Å². The van der Waals surface area contributed by atoms with E-state index in [1.807, 2.05) is 60.7 Å². The topological polar surface area (TPSA) is 49.4 Å². The SMILES string of the molecule is O=C1CN(C(=O)C(c2ccccc2)c2ccccc2)C(c2ccc(F)cc2)c2cc(Cl)ccc2N1. The first-order valence-electron chi connectivity index (χ1n) is 11.3. The van der Waals surface area contributed by atoms with Gasteiger partial charge in [-0.2, -0.15) is 0 Å². The molecular weight excluding hydrogens is 463 g/mol. The average Bonchev–Trinajstić information content (AvgIpc) is 3.02. The minimum atomic E-state index is -0.648. The van der Waals surface area contributed by atoms with Crippen molar-refractivity contribution in [2.75, 3.05) is 11.9 Å². The number of nitrogens with zero attached hydrogens (tertiary/aromatic N) is 1. The maximum atomic E-state index is 14.4. The molecule has 0 saturated heterocycles. The molecule has 0 aliphatic carbocycles. The monoisotopic (exact) mass is 484 g/mol. The Morgan fingerprint density at radius 2 is 1.49 bits per heavy atom. The maximum absolute atomic E-state index is 14.4. The van der Waals surface area contributed by atoms with Crippen molar-refractivity contribution in [3.05, 3.63) is 136 Å². The summed E-state index contributed by atoms with van der Waals surface area (Å²) in [6.45, 7) is -0.163. The van der Waals surface area contributed by atoms with Crippen molar-refractivity contribution in [1.82, 2.24) is 4.90 Å². The third-order valence-corrected chi connectivity index (χ3v) is 6.42. The zero-order chi connectivity index (χ0) is 24.4. The van der Waals surface area contributed by atoms with E-state index in [1.54, 1.807) is 35.2 Å². The first-order valence-corrected chi connectivity index (χ1v) is 11.6. The molecule has 6 heteroatoms. The van der Waals surface area contributed by atoms with Crippen LogP contribution in [0.2, 0.25) is 5.02 Å². The van der Waals surface area contributed by atoms with Gasteiger partial charge in [-0.1, -0.05) is 84.4 Å². The van der Waals surface area contributed by atoms with E-state index < -0.39 is 12.0 Å². The number of carbonyl (C=O) groups is 2. The van der Waals surface area contributed by atoms with Crippen molar-refractivity contribution in [1.29, 1.82) is 0 Å². The highest BCUT2D eigenvalue weighted by Crippen LogP contribution is 2.40. The Bertz CT molecular complexity index is 1320. The Morgan fingerprint density at radius 3 is 2.09 bits per heavy atom. The summed E-state index contributed by atoms with van der Waals surface area (Å²) < 4.78 is 13.8. The number of fused-ring (bicyclic) bond motifs is 1. The Morgan fingerprint density at radius 1 is 0.886 bits per heavy atom. The molecule has 0 bridgehead atoms. The van der Waals surface area contributed by atoms with Crippen LogP contribution in [0, 0.1) is 5.82 Å². The van der Waals surface area contributed by atoms with E-state index in [4.69, 9.17) is 11.6 Å². The fourth-order valence-electron chi connectivity index (χ4n) is 4.62. The first-order chi connectivity index (χ1) is 17.0. The second kappa shape index (κ2) is 9.72. The third-order valence-electron chi connectivity index (χ3n) is 6.19. The van der Waals surface area contributed by atoms with Gasteiger partial charge in [0.2, 0.25) is 11.8 Å². The van der Waals surface area contributed by atoms with E-state index in [-0.39, 0.29) is 24.2 Å². The lowest BCUT2D eigenvalue weighted by Crippen LogP contribution is -2.42. The van der Waals surface area contributed by atoms with E-state index in [0.29, 0.717) is 21.8 Å². The molecule has 0 saturated carbocycles.